The normalized spacial score (nSPS) is 12.1. The van der Waals surface area contributed by atoms with Gasteiger partial charge in [-0.25, -0.2) is 9.37 Å². The van der Waals surface area contributed by atoms with Crippen molar-refractivity contribution in [2.75, 3.05) is 13.1 Å². The third kappa shape index (κ3) is 4.77. The minimum atomic E-state index is -1.22. The smallest absolute Gasteiger partial charge is 0.314 e. The molecule has 0 amide bonds. The zero-order valence-corrected chi connectivity index (χ0v) is 16.5. The van der Waals surface area contributed by atoms with Crippen molar-refractivity contribution in [2.24, 2.45) is 5.92 Å². The van der Waals surface area contributed by atoms with Crippen LogP contribution < -0.4 is 10.9 Å². The molecule has 2 N–H and O–H groups in total. The van der Waals surface area contributed by atoms with Crippen molar-refractivity contribution in [2.45, 2.75) is 19.8 Å². The second kappa shape index (κ2) is 9.41. The molecule has 1 unspecified atom stereocenters. The summed E-state index contributed by atoms with van der Waals surface area (Å²) in [5.41, 5.74) is 1.86. The summed E-state index contributed by atoms with van der Waals surface area (Å²) in [7, 11) is 0. The Kier molecular flexibility index (Phi) is 6.68. The molecule has 0 saturated heterocycles. The lowest BCUT2D eigenvalue weighted by Gasteiger charge is -2.13. The molecule has 0 aliphatic rings. The predicted octanol–water partition coefficient (Wildman–Crippen LogP) is 2.25. The van der Waals surface area contributed by atoms with Gasteiger partial charge in [-0.05, 0) is 69.3 Å². The summed E-state index contributed by atoms with van der Waals surface area (Å²) in [6, 6.07) is 10.2. The number of hydrogen-bond acceptors (Lipinski definition) is 5. The van der Waals surface area contributed by atoms with E-state index in [9.17, 15) is 23.9 Å². The molecule has 0 bridgehead atoms. The van der Waals surface area contributed by atoms with Gasteiger partial charge in [0.05, 0.1) is 0 Å². The molecule has 2 aromatic heterocycles. The van der Waals surface area contributed by atoms with E-state index in [1.54, 1.807) is 25.3 Å². The number of carbonyl (C=O) groups is 2. The molecule has 0 aliphatic carbocycles. The molecule has 0 saturated carbocycles. The third-order valence-electron chi connectivity index (χ3n) is 4.94. The number of carboxylic acid groups (broad SMARTS) is 1. The number of ketones is 1. The number of carbonyl (C=O) groups excluding carboxylic acids is 1. The van der Waals surface area contributed by atoms with E-state index in [0.29, 0.717) is 29.9 Å². The van der Waals surface area contributed by atoms with Crippen LogP contribution >= 0.6 is 0 Å². The molecule has 1 atom stereocenters. The number of halogens is 1. The number of aryl methyl sites for hydroxylation is 1. The Morgan fingerprint density at radius 2 is 1.90 bits per heavy atom. The lowest BCUT2D eigenvalue weighted by Crippen LogP contribution is -2.30. The van der Waals surface area contributed by atoms with E-state index in [1.165, 1.54) is 16.5 Å². The van der Waals surface area contributed by atoms with Gasteiger partial charge in [0, 0.05) is 23.0 Å². The van der Waals surface area contributed by atoms with Crippen LogP contribution in [0.25, 0.3) is 5.65 Å². The van der Waals surface area contributed by atoms with Gasteiger partial charge in [-0.15, -0.1) is 0 Å². The molecule has 8 heteroatoms. The number of benzene rings is 1. The summed E-state index contributed by atoms with van der Waals surface area (Å²) in [4.78, 5) is 41.0. The van der Waals surface area contributed by atoms with Crippen molar-refractivity contribution in [1.82, 2.24) is 14.7 Å². The Labute approximate surface area is 172 Å². The highest BCUT2D eigenvalue weighted by atomic mass is 19.1. The summed E-state index contributed by atoms with van der Waals surface area (Å²) in [6.07, 6.45) is 2.18. The first-order valence-electron chi connectivity index (χ1n) is 9.58. The number of fused-ring (bicyclic) bond motifs is 1. The van der Waals surface area contributed by atoms with Gasteiger partial charge in [0.15, 0.2) is 5.78 Å². The maximum atomic E-state index is 13.0. The van der Waals surface area contributed by atoms with E-state index in [0.717, 1.165) is 12.1 Å². The summed E-state index contributed by atoms with van der Waals surface area (Å²) < 4.78 is 14.5. The van der Waals surface area contributed by atoms with Gasteiger partial charge in [-0.1, -0.05) is 6.07 Å². The molecule has 0 spiro atoms. The fraction of sp³-hybridized carbons (Fsp3) is 0.273. The fourth-order valence-corrected chi connectivity index (χ4v) is 3.29. The van der Waals surface area contributed by atoms with E-state index >= 15 is 0 Å². The van der Waals surface area contributed by atoms with Crippen LogP contribution in [0.1, 0.15) is 28.0 Å². The molecule has 2 heterocycles. The minimum absolute atomic E-state index is 0.0828. The Balaban J connectivity index is 1.58. The van der Waals surface area contributed by atoms with Crippen molar-refractivity contribution in [3.8, 4) is 0 Å². The SMILES string of the molecule is Cc1nc2ccccn2c(=O)c1CCNCCC(C(=O)O)C(=O)c1ccc(F)cc1. The number of carboxylic acids is 1. The zero-order chi connectivity index (χ0) is 21.7. The molecule has 3 aromatic rings. The second-order valence-corrected chi connectivity index (χ2v) is 6.96. The van der Waals surface area contributed by atoms with E-state index in [4.69, 9.17) is 0 Å². The number of hydrogen-bond donors (Lipinski definition) is 2. The van der Waals surface area contributed by atoms with E-state index in [-0.39, 0.29) is 24.1 Å². The van der Waals surface area contributed by atoms with Crippen molar-refractivity contribution in [3.63, 3.8) is 0 Å². The number of rotatable bonds is 9. The van der Waals surface area contributed by atoms with Crippen LogP contribution in [-0.2, 0) is 11.2 Å². The first-order valence-corrected chi connectivity index (χ1v) is 9.58. The second-order valence-electron chi connectivity index (χ2n) is 6.96. The summed E-state index contributed by atoms with van der Waals surface area (Å²) in [5.74, 6) is -3.50. The summed E-state index contributed by atoms with van der Waals surface area (Å²) in [5, 5.41) is 12.5. The van der Waals surface area contributed by atoms with Crippen LogP contribution in [0.2, 0.25) is 0 Å². The maximum Gasteiger partial charge on any atom is 0.314 e. The van der Waals surface area contributed by atoms with Crippen LogP contribution in [-0.4, -0.2) is 39.3 Å². The Hall–Kier alpha value is -3.39. The number of aliphatic carboxylic acids is 1. The van der Waals surface area contributed by atoms with Crippen LogP contribution in [0, 0.1) is 18.7 Å². The maximum absolute atomic E-state index is 13.0. The molecule has 3 rings (SSSR count). The lowest BCUT2D eigenvalue weighted by atomic mass is 9.94. The molecule has 30 heavy (non-hydrogen) atoms. The van der Waals surface area contributed by atoms with Gasteiger partial charge < -0.3 is 10.4 Å². The highest BCUT2D eigenvalue weighted by molar-refractivity contribution is 6.08. The van der Waals surface area contributed by atoms with Crippen molar-refractivity contribution in [1.29, 1.82) is 0 Å². The van der Waals surface area contributed by atoms with E-state index in [2.05, 4.69) is 10.3 Å². The lowest BCUT2D eigenvalue weighted by molar-refractivity contribution is -0.140. The van der Waals surface area contributed by atoms with E-state index < -0.39 is 23.5 Å². The van der Waals surface area contributed by atoms with Gasteiger partial charge in [-0.2, -0.15) is 0 Å². The summed E-state index contributed by atoms with van der Waals surface area (Å²) >= 11 is 0. The molecule has 0 aliphatic heterocycles. The number of Topliss-reactive ketones (excluding diaryl/α,β-unsaturated/α-hetero) is 1. The zero-order valence-electron chi connectivity index (χ0n) is 16.5. The average molecular weight is 411 g/mol. The number of pyridine rings is 1. The van der Waals surface area contributed by atoms with Gasteiger partial charge in [0.2, 0.25) is 0 Å². The van der Waals surface area contributed by atoms with Crippen LogP contribution in [0.5, 0.6) is 0 Å². The number of nitrogens with zero attached hydrogens (tertiary/aromatic N) is 2. The average Bonchev–Trinajstić information content (AvgIpc) is 2.72. The van der Waals surface area contributed by atoms with Gasteiger partial charge in [-0.3, -0.25) is 18.8 Å². The fourth-order valence-electron chi connectivity index (χ4n) is 3.29. The predicted molar refractivity (Wildman–Crippen MR) is 109 cm³/mol. The Morgan fingerprint density at radius 1 is 1.17 bits per heavy atom. The first kappa shape index (κ1) is 21.3. The molecule has 1 aromatic carbocycles. The third-order valence-corrected chi connectivity index (χ3v) is 4.94. The monoisotopic (exact) mass is 411 g/mol. The Morgan fingerprint density at radius 3 is 2.60 bits per heavy atom. The largest absolute Gasteiger partial charge is 0.481 e. The minimum Gasteiger partial charge on any atom is -0.481 e. The van der Waals surface area contributed by atoms with Crippen LogP contribution in [0.4, 0.5) is 4.39 Å². The Bertz CT molecular complexity index is 1130. The van der Waals surface area contributed by atoms with Crippen molar-refractivity contribution in [3.05, 3.63) is 81.7 Å². The van der Waals surface area contributed by atoms with Gasteiger partial charge in [0.25, 0.3) is 5.56 Å². The van der Waals surface area contributed by atoms with Crippen molar-refractivity contribution < 1.29 is 19.1 Å². The standard InChI is InChI=1S/C22H22FN3O4/c1-14-17(21(28)26-13-3-2-4-19(26)25-14)9-11-24-12-10-18(22(29)30)20(27)15-5-7-16(23)8-6-15/h2-8,13,18,24H,9-12H2,1H3,(H,29,30). The van der Waals surface area contributed by atoms with Crippen molar-refractivity contribution >= 4 is 17.4 Å². The number of aromatic nitrogens is 2. The van der Waals surface area contributed by atoms with Crippen LogP contribution in [0.15, 0.2) is 53.5 Å². The summed E-state index contributed by atoms with van der Waals surface area (Å²) in [6.45, 7) is 2.50. The molecular weight excluding hydrogens is 389 g/mol. The highest BCUT2D eigenvalue weighted by Gasteiger charge is 2.26. The van der Waals surface area contributed by atoms with Gasteiger partial charge in [0.1, 0.15) is 17.4 Å². The molecular formula is C22H22FN3O4. The van der Waals surface area contributed by atoms with Crippen LogP contribution in [0.3, 0.4) is 0 Å². The molecule has 0 fully saturated rings. The highest BCUT2D eigenvalue weighted by Crippen LogP contribution is 2.14. The molecule has 0 radical (unpaired) electrons. The van der Waals surface area contributed by atoms with E-state index in [1.807, 2.05) is 6.07 Å². The quantitative estimate of drug-likeness (QED) is 0.318. The topological polar surface area (TPSA) is 101 Å². The first-order chi connectivity index (χ1) is 14.4. The molecule has 156 valence electrons. The molecule has 7 nitrogen and oxygen atoms in total. The van der Waals surface area contributed by atoms with Gasteiger partial charge >= 0.3 is 5.97 Å². The number of nitrogens with one attached hydrogen (secondary N) is 1.